The van der Waals surface area contributed by atoms with Crippen molar-refractivity contribution in [1.82, 2.24) is 20.5 Å². The number of fused-ring (bicyclic) bond motifs is 1. The molecule has 2 atom stereocenters. The molecule has 1 fully saturated rings. The van der Waals surface area contributed by atoms with Crippen molar-refractivity contribution in [1.29, 1.82) is 0 Å². The number of hydrazone groups is 1. The smallest absolute Gasteiger partial charge is 0.325 e. The van der Waals surface area contributed by atoms with E-state index in [1.807, 2.05) is 36.1 Å². The molecule has 0 saturated carbocycles. The second-order valence-electron chi connectivity index (χ2n) is 7.99. The number of unbranched alkanes of at least 4 members (excludes halogenated alkanes) is 5. The van der Waals surface area contributed by atoms with Gasteiger partial charge in [0.25, 0.3) is 5.91 Å². The number of amides is 3. The van der Waals surface area contributed by atoms with Crippen LogP contribution in [0.3, 0.4) is 0 Å². The first-order valence-corrected chi connectivity index (χ1v) is 11.7. The van der Waals surface area contributed by atoms with E-state index in [-0.39, 0.29) is 5.91 Å². The molecule has 1 aromatic rings. The lowest BCUT2D eigenvalue weighted by molar-refractivity contribution is -0.127. The number of guanidine groups is 1. The standard InChI is InChI=1S/C22H31BrN6O2/c1-4-5-6-7-8-9-14-29-18-19(28(3)22(31)25-20(18)30)24-21(29)27-26-15(2)16-10-12-17(23)13-11-16/h10-13,18-19H,4-9,14H2,1-3H3,(H,24,27)(H,25,30,31)/b26-15-. The average molecular weight is 491 g/mol. The molecule has 2 aliphatic heterocycles. The molecule has 2 aliphatic rings. The molecular weight excluding hydrogens is 460 g/mol. The Kier molecular flexibility index (Phi) is 8.06. The molecule has 3 amide bonds. The molecule has 0 aliphatic carbocycles. The van der Waals surface area contributed by atoms with Gasteiger partial charge in [-0.2, -0.15) is 5.10 Å². The van der Waals surface area contributed by atoms with E-state index in [9.17, 15) is 9.59 Å². The van der Waals surface area contributed by atoms with Gasteiger partial charge < -0.3 is 9.80 Å². The zero-order chi connectivity index (χ0) is 22.4. The highest BCUT2D eigenvalue weighted by Gasteiger charge is 2.48. The molecule has 0 aromatic heterocycles. The van der Waals surface area contributed by atoms with Gasteiger partial charge in [0.05, 0.1) is 5.71 Å². The van der Waals surface area contributed by atoms with Gasteiger partial charge in [0.15, 0.2) is 12.2 Å². The number of halogens is 1. The molecule has 0 spiro atoms. The summed E-state index contributed by atoms with van der Waals surface area (Å²) < 4.78 is 1.00. The highest BCUT2D eigenvalue weighted by Crippen LogP contribution is 2.24. The summed E-state index contributed by atoms with van der Waals surface area (Å²) in [5.74, 6) is 0.213. The monoisotopic (exact) mass is 490 g/mol. The summed E-state index contributed by atoms with van der Waals surface area (Å²) in [7, 11) is 1.66. The summed E-state index contributed by atoms with van der Waals surface area (Å²) in [5.41, 5.74) is 4.84. The predicted octanol–water partition coefficient (Wildman–Crippen LogP) is 3.67. The number of benzene rings is 1. The maximum atomic E-state index is 12.6. The number of carbonyl (C=O) groups is 2. The Morgan fingerprint density at radius 2 is 1.84 bits per heavy atom. The van der Waals surface area contributed by atoms with E-state index in [0.29, 0.717) is 12.5 Å². The first-order chi connectivity index (χ1) is 14.9. The van der Waals surface area contributed by atoms with E-state index in [1.54, 1.807) is 7.05 Å². The molecular formula is C22H31BrN6O2. The molecule has 168 valence electrons. The third kappa shape index (κ3) is 5.64. The largest absolute Gasteiger partial charge is 0.326 e. The molecule has 3 rings (SSSR count). The van der Waals surface area contributed by atoms with E-state index >= 15 is 0 Å². The lowest BCUT2D eigenvalue weighted by atomic mass is 10.1. The maximum absolute atomic E-state index is 12.6. The number of rotatable bonds is 9. The van der Waals surface area contributed by atoms with Gasteiger partial charge in [-0.1, -0.05) is 67.1 Å². The number of imide groups is 1. The fourth-order valence-corrected chi connectivity index (χ4v) is 4.08. The van der Waals surface area contributed by atoms with Crippen LogP contribution in [0.5, 0.6) is 0 Å². The third-order valence-corrected chi connectivity index (χ3v) is 6.23. The number of likely N-dealkylation sites (N-methyl/N-ethyl adjacent to an activating group) is 1. The molecule has 8 nitrogen and oxygen atoms in total. The van der Waals surface area contributed by atoms with Crippen LogP contribution in [0.1, 0.15) is 57.9 Å². The molecule has 1 aromatic carbocycles. The fraction of sp³-hybridized carbons (Fsp3) is 0.545. The summed E-state index contributed by atoms with van der Waals surface area (Å²) in [5, 5.41) is 6.93. The van der Waals surface area contributed by atoms with Gasteiger partial charge in [-0.15, -0.1) is 0 Å². The number of nitrogens with zero attached hydrogens (tertiary/aromatic N) is 4. The quantitative estimate of drug-likeness (QED) is 0.314. The van der Waals surface area contributed by atoms with E-state index in [0.717, 1.165) is 28.6 Å². The SMILES string of the molecule is CCCCCCCCN1C(N/N=C(/C)c2ccc(Br)cc2)=NC2C1C(=O)NC(=O)N2C. The van der Waals surface area contributed by atoms with Gasteiger partial charge in [0.1, 0.15) is 0 Å². The van der Waals surface area contributed by atoms with Crippen molar-refractivity contribution in [2.45, 2.75) is 64.6 Å². The lowest BCUT2D eigenvalue weighted by Crippen LogP contribution is -2.64. The van der Waals surface area contributed by atoms with E-state index < -0.39 is 18.2 Å². The van der Waals surface area contributed by atoms with Gasteiger partial charge in [-0.25, -0.2) is 15.2 Å². The fourth-order valence-electron chi connectivity index (χ4n) is 3.82. The summed E-state index contributed by atoms with van der Waals surface area (Å²) in [6.07, 6.45) is 6.38. The summed E-state index contributed by atoms with van der Waals surface area (Å²) in [6, 6.07) is 6.93. The first kappa shape index (κ1) is 23.2. The van der Waals surface area contributed by atoms with Crippen LogP contribution >= 0.6 is 15.9 Å². The lowest BCUT2D eigenvalue weighted by Gasteiger charge is -2.36. The minimum absolute atomic E-state index is 0.312. The van der Waals surface area contributed by atoms with Crippen LogP contribution < -0.4 is 10.7 Å². The van der Waals surface area contributed by atoms with Gasteiger partial charge in [0, 0.05) is 18.1 Å². The Hall–Kier alpha value is -2.42. The second-order valence-corrected chi connectivity index (χ2v) is 8.91. The molecule has 2 unspecified atom stereocenters. The van der Waals surface area contributed by atoms with E-state index in [1.165, 1.54) is 30.6 Å². The number of urea groups is 1. The average Bonchev–Trinajstić information content (AvgIpc) is 3.12. The van der Waals surface area contributed by atoms with Crippen LogP contribution in [0.4, 0.5) is 4.79 Å². The van der Waals surface area contributed by atoms with Crippen molar-refractivity contribution in [3.05, 3.63) is 34.3 Å². The number of carbonyl (C=O) groups excluding carboxylic acids is 2. The van der Waals surface area contributed by atoms with E-state index in [2.05, 4.69) is 43.7 Å². The Labute approximate surface area is 192 Å². The minimum atomic E-state index is -0.549. The maximum Gasteiger partial charge on any atom is 0.325 e. The van der Waals surface area contributed by atoms with Gasteiger partial charge in [-0.05, 0) is 31.0 Å². The predicted molar refractivity (Wildman–Crippen MR) is 126 cm³/mol. The van der Waals surface area contributed by atoms with Crippen molar-refractivity contribution in [3.63, 3.8) is 0 Å². The van der Waals surface area contributed by atoms with Crippen LogP contribution in [0.15, 0.2) is 38.8 Å². The highest BCUT2D eigenvalue weighted by atomic mass is 79.9. The van der Waals surface area contributed by atoms with Crippen LogP contribution in [0, 0.1) is 0 Å². The zero-order valence-electron chi connectivity index (χ0n) is 18.4. The zero-order valence-corrected chi connectivity index (χ0v) is 20.0. The second kappa shape index (κ2) is 10.7. The normalized spacial score (nSPS) is 21.2. The minimum Gasteiger partial charge on any atom is -0.326 e. The van der Waals surface area contributed by atoms with Crippen molar-refractivity contribution in [3.8, 4) is 0 Å². The van der Waals surface area contributed by atoms with E-state index in [4.69, 9.17) is 0 Å². The molecule has 0 radical (unpaired) electrons. The molecule has 0 bridgehead atoms. The topological polar surface area (TPSA) is 89.4 Å². The Morgan fingerprint density at radius 3 is 2.55 bits per heavy atom. The van der Waals surface area contributed by atoms with Gasteiger partial charge in [-0.3, -0.25) is 10.1 Å². The number of nitrogens with one attached hydrogen (secondary N) is 2. The summed E-state index contributed by atoms with van der Waals surface area (Å²) in [6.45, 7) is 4.80. The van der Waals surface area contributed by atoms with Gasteiger partial charge in [0.2, 0.25) is 5.96 Å². The third-order valence-electron chi connectivity index (χ3n) is 5.70. The van der Waals surface area contributed by atoms with Crippen LogP contribution in [-0.4, -0.2) is 59.2 Å². The Bertz CT molecular complexity index is 854. The number of hydrogen-bond donors (Lipinski definition) is 2. The number of hydrogen-bond acceptors (Lipinski definition) is 6. The van der Waals surface area contributed by atoms with Crippen molar-refractivity contribution in [2.75, 3.05) is 13.6 Å². The molecule has 1 saturated heterocycles. The van der Waals surface area contributed by atoms with Crippen molar-refractivity contribution in [2.24, 2.45) is 10.1 Å². The Balaban J connectivity index is 1.72. The van der Waals surface area contributed by atoms with Crippen LogP contribution in [-0.2, 0) is 4.79 Å². The van der Waals surface area contributed by atoms with Crippen LogP contribution in [0.25, 0.3) is 0 Å². The summed E-state index contributed by atoms with van der Waals surface area (Å²) in [4.78, 5) is 32.7. The molecule has 9 heteroatoms. The molecule has 2 N–H and O–H groups in total. The molecule has 2 heterocycles. The summed E-state index contributed by atoms with van der Waals surface area (Å²) >= 11 is 3.44. The Morgan fingerprint density at radius 1 is 1.16 bits per heavy atom. The highest BCUT2D eigenvalue weighted by molar-refractivity contribution is 9.10. The first-order valence-electron chi connectivity index (χ1n) is 10.9. The van der Waals surface area contributed by atoms with Gasteiger partial charge >= 0.3 is 6.03 Å². The molecule has 31 heavy (non-hydrogen) atoms. The number of aliphatic imine (C=N–C) groups is 1. The van der Waals surface area contributed by atoms with Crippen LogP contribution in [0.2, 0.25) is 0 Å². The van der Waals surface area contributed by atoms with Crippen molar-refractivity contribution >= 4 is 39.5 Å². The van der Waals surface area contributed by atoms with Crippen molar-refractivity contribution < 1.29 is 9.59 Å².